The largest absolute Gasteiger partial charge is 0.454 e. The Morgan fingerprint density at radius 1 is 1.24 bits per heavy atom. The lowest BCUT2D eigenvalue weighted by Crippen LogP contribution is -2.08. The number of hydrogen-bond acceptors (Lipinski definition) is 3. The van der Waals surface area contributed by atoms with Gasteiger partial charge in [-0.3, -0.25) is 0 Å². The van der Waals surface area contributed by atoms with E-state index in [0.717, 1.165) is 29.9 Å². The van der Waals surface area contributed by atoms with Crippen LogP contribution in [0.15, 0.2) is 18.2 Å². The lowest BCUT2D eigenvalue weighted by molar-refractivity contribution is 0.147. The number of hydrogen-bond donors (Lipinski definition) is 1. The minimum atomic E-state index is -0.427. The van der Waals surface area contributed by atoms with Crippen molar-refractivity contribution in [1.82, 2.24) is 0 Å². The van der Waals surface area contributed by atoms with Crippen LogP contribution in [0.2, 0.25) is 0 Å². The van der Waals surface area contributed by atoms with Gasteiger partial charge in [-0.25, -0.2) is 0 Å². The summed E-state index contributed by atoms with van der Waals surface area (Å²) in [6.07, 6.45) is 1.33. The summed E-state index contributed by atoms with van der Waals surface area (Å²) < 4.78 is 10.5. The van der Waals surface area contributed by atoms with Gasteiger partial charge in [-0.1, -0.05) is 26.8 Å². The summed E-state index contributed by atoms with van der Waals surface area (Å²) in [4.78, 5) is 0. The van der Waals surface area contributed by atoms with E-state index in [4.69, 9.17) is 9.47 Å². The average molecular weight is 236 g/mol. The highest BCUT2D eigenvalue weighted by Crippen LogP contribution is 2.35. The lowest BCUT2D eigenvalue weighted by Gasteiger charge is -2.20. The van der Waals surface area contributed by atoms with Crippen LogP contribution in [-0.4, -0.2) is 11.9 Å². The molecule has 0 aliphatic carbocycles. The highest BCUT2D eigenvalue weighted by Gasteiger charge is 2.18. The van der Waals surface area contributed by atoms with Crippen LogP contribution in [0.1, 0.15) is 45.3 Å². The number of ether oxygens (including phenoxy) is 2. The maximum Gasteiger partial charge on any atom is 0.231 e. The molecule has 0 amide bonds. The summed E-state index contributed by atoms with van der Waals surface area (Å²) in [6.45, 7) is 6.81. The zero-order chi connectivity index (χ0) is 12.5. The van der Waals surface area contributed by atoms with Crippen molar-refractivity contribution in [1.29, 1.82) is 0 Å². The van der Waals surface area contributed by atoms with E-state index >= 15 is 0 Å². The van der Waals surface area contributed by atoms with Gasteiger partial charge in [0.15, 0.2) is 11.5 Å². The van der Waals surface area contributed by atoms with Crippen molar-refractivity contribution < 1.29 is 14.6 Å². The van der Waals surface area contributed by atoms with Crippen molar-refractivity contribution in [3.8, 4) is 11.5 Å². The smallest absolute Gasteiger partial charge is 0.231 e. The lowest BCUT2D eigenvalue weighted by atomic mass is 9.88. The van der Waals surface area contributed by atoms with Crippen LogP contribution < -0.4 is 9.47 Å². The van der Waals surface area contributed by atoms with E-state index in [1.807, 2.05) is 18.2 Å². The van der Waals surface area contributed by atoms with Crippen LogP contribution in [-0.2, 0) is 0 Å². The van der Waals surface area contributed by atoms with Gasteiger partial charge in [0, 0.05) is 0 Å². The predicted molar refractivity (Wildman–Crippen MR) is 66.2 cm³/mol. The molecule has 0 saturated heterocycles. The summed E-state index contributed by atoms with van der Waals surface area (Å²) in [5.41, 5.74) is 1.15. The number of rotatable bonds is 3. The fraction of sp³-hybridized carbons (Fsp3) is 0.571. The van der Waals surface area contributed by atoms with Crippen molar-refractivity contribution >= 4 is 0 Å². The van der Waals surface area contributed by atoms with E-state index in [1.165, 1.54) is 0 Å². The van der Waals surface area contributed by atoms with Crippen molar-refractivity contribution in [3.05, 3.63) is 23.8 Å². The highest BCUT2D eigenvalue weighted by molar-refractivity contribution is 5.45. The Bertz CT molecular complexity index is 393. The van der Waals surface area contributed by atoms with Gasteiger partial charge in [-0.05, 0) is 36.0 Å². The molecule has 0 spiro atoms. The fourth-order valence-electron chi connectivity index (χ4n) is 1.86. The van der Waals surface area contributed by atoms with Crippen LogP contribution in [0.3, 0.4) is 0 Å². The summed E-state index contributed by atoms with van der Waals surface area (Å²) in [5, 5.41) is 10.1. The van der Waals surface area contributed by atoms with Gasteiger partial charge in [-0.15, -0.1) is 0 Å². The van der Waals surface area contributed by atoms with E-state index in [2.05, 4.69) is 20.8 Å². The maximum absolute atomic E-state index is 10.1. The van der Waals surface area contributed by atoms with Crippen molar-refractivity contribution in [2.24, 2.45) is 5.41 Å². The predicted octanol–water partition coefficient (Wildman–Crippen LogP) is 3.28. The van der Waals surface area contributed by atoms with Crippen molar-refractivity contribution in [2.45, 2.75) is 39.7 Å². The van der Waals surface area contributed by atoms with Crippen LogP contribution in [0.4, 0.5) is 0 Å². The molecule has 17 heavy (non-hydrogen) atoms. The van der Waals surface area contributed by atoms with E-state index in [9.17, 15) is 5.11 Å². The molecule has 1 aromatic carbocycles. The Kier molecular flexibility index (Phi) is 3.29. The highest BCUT2D eigenvalue weighted by atomic mass is 16.7. The Morgan fingerprint density at radius 2 is 1.94 bits per heavy atom. The minimum Gasteiger partial charge on any atom is -0.454 e. The Hall–Kier alpha value is -1.22. The molecule has 1 aliphatic heterocycles. The second-order valence-corrected chi connectivity index (χ2v) is 5.73. The van der Waals surface area contributed by atoms with E-state index in [1.54, 1.807) is 0 Å². The topological polar surface area (TPSA) is 38.7 Å². The first-order valence-corrected chi connectivity index (χ1v) is 6.03. The molecule has 1 aromatic rings. The molecule has 3 heteroatoms. The van der Waals surface area contributed by atoms with Gasteiger partial charge in [0.05, 0.1) is 6.10 Å². The standard InChI is InChI=1S/C14H20O3/c1-14(2,3)7-6-11(15)10-4-5-12-13(8-10)17-9-16-12/h4-5,8,11,15H,6-7,9H2,1-3H3. The molecule has 0 fully saturated rings. The molecule has 1 aliphatic rings. The third-order valence-corrected chi connectivity index (χ3v) is 2.95. The third kappa shape index (κ3) is 3.13. The first-order chi connectivity index (χ1) is 7.96. The Balaban J connectivity index is 2.02. The first kappa shape index (κ1) is 12.2. The number of benzene rings is 1. The molecule has 1 N–H and O–H groups in total. The molecule has 1 unspecified atom stereocenters. The summed E-state index contributed by atoms with van der Waals surface area (Å²) in [7, 11) is 0. The summed E-state index contributed by atoms with van der Waals surface area (Å²) >= 11 is 0. The molecule has 1 heterocycles. The fourth-order valence-corrected chi connectivity index (χ4v) is 1.86. The van der Waals surface area contributed by atoms with Gasteiger partial charge in [0.25, 0.3) is 0 Å². The maximum atomic E-state index is 10.1. The van der Waals surface area contributed by atoms with Crippen LogP contribution >= 0.6 is 0 Å². The number of fused-ring (bicyclic) bond motifs is 1. The van der Waals surface area contributed by atoms with Gasteiger partial charge < -0.3 is 14.6 Å². The molecule has 1 atom stereocenters. The molecular formula is C14H20O3. The number of aliphatic hydroxyl groups is 1. The summed E-state index contributed by atoms with van der Waals surface area (Å²) in [5.74, 6) is 1.49. The molecule has 94 valence electrons. The van der Waals surface area contributed by atoms with Gasteiger partial charge in [0.1, 0.15) is 0 Å². The Morgan fingerprint density at radius 3 is 2.65 bits per heavy atom. The third-order valence-electron chi connectivity index (χ3n) is 2.95. The van der Waals surface area contributed by atoms with Crippen LogP contribution in [0, 0.1) is 5.41 Å². The molecule has 0 radical (unpaired) electrons. The van der Waals surface area contributed by atoms with E-state index in [0.29, 0.717) is 0 Å². The first-order valence-electron chi connectivity index (χ1n) is 6.03. The molecule has 0 aromatic heterocycles. The molecule has 0 saturated carbocycles. The summed E-state index contributed by atoms with van der Waals surface area (Å²) in [6, 6.07) is 5.63. The number of aliphatic hydroxyl groups excluding tert-OH is 1. The monoisotopic (exact) mass is 236 g/mol. The normalized spacial score (nSPS) is 16.0. The second kappa shape index (κ2) is 4.57. The van der Waals surface area contributed by atoms with Crippen LogP contribution in [0.5, 0.6) is 11.5 Å². The van der Waals surface area contributed by atoms with Crippen LogP contribution in [0.25, 0.3) is 0 Å². The molecular weight excluding hydrogens is 216 g/mol. The Labute approximate surface area is 102 Å². The van der Waals surface area contributed by atoms with Gasteiger partial charge >= 0.3 is 0 Å². The molecule has 3 nitrogen and oxygen atoms in total. The quantitative estimate of drug-likeness (QED) is 0.875. The minimum absolute atomic E-state index is 0.247. The zero-order valence-electron chi connectivity index (χ0n) is 10.7. The van der Waals surface area contributed by atoms with Crippen molar-refractivity contribution in [2.75, 3.05) is 6.79 Å². The van der Waals surface area contributed by atoms with Gasteiger partial charge in [-0.2, -0.15) is 0 Å². The van der Waals surface area contributed by atoms with E-state index in [-0.39, 0.29) is 12.2 Å². The second-order valence-electron chi connectivity index (χ2n) is 5.73. The zero-order valence-corrected chi connectivity index (χ0v) is 10.7. The molecule has 2 rings (SSSR count). The molecule has 0 bridgehead atoms. The van der Waals surface area contributed by atoms with E-state index < -0.39 is 6.10 Å². The van der Waals surface area contributed by atoms with Crippen molar-refractivity contribution in [3.63, 3.8) is 0 Å². The average Bonchev–Trinajstić information content (AvgIpc) is 2.71. The van der Waals surface area contributed by atoms with Gasteiger partial charge in [0.2, 0.25) is 6.79 Å². The SMILES string of the molecule is CC(C)(C)CCC(O)c1ccc2c(c1)OCO2.